The molecule has 2 aromatic rings. The highest BCUT2D eigenvalue weighted by atomic mass is 19.1. The van der Waals surface area contributed by atoms with Crippen LogP contribution in [0, 0.1) is 5.82 Å². The van der Waals surface area contributed by atoms with Crippen LogP contribution >= 0.6 is 0 Å². The number of carbonyl (C=O) groups is 2. The molecule has 0 bridgehead atoms. The summed E-state index contributed by atoms with van der Waals surface area (Å²) in [5.41, 5.74) is 4.55. The average Bonchev–Trinajstić information content (AvgIpc) is 2.71. The molecule has 2 rings (SSSR count). The molecule has 0 unspecified atom stereocenters. The molecule has 0 fully saturated rings. The van der Waals surface area contributed by atoms with Crippen LogP contribution in [0.2, 0.25) is 0 Å². The van der Waals surface area contributed by atoms with Gasteiger partial charge in [0.25, 0.3) is 5.91 Å². The minimum atomic E-state index is -0.976. The molecule has 0 aliphatic rings. The van der Waals surface area contributed by atoms with Crippen molar-refractivity contribution in [3.63, 3.8) is 0 Å². The zero-order valence-corrected chi connectivity index (χ0v) is 15.7. The molecule has 7 nitrogen and oxygen atoms in total. The number of para-hydroxylation sites is 1. The van der Waals surface area contributed by atoms with Crippen LogP contribution in [0.25, 0.3) is 0 Å². The summed E-state index contributed by atoms with van der Waals surface area (Å²) in [7, 11) is 1.58. The Balaban J connectivity index is 1.63. The van der Waals surface area contributed by atoms with E-state index in [1.54, 1.807) is 37.4 Å². The Morgan fingerprint density at radius 3 is 2.39 bits per heavy atom. The lowest BCUT2D eigenvalue weighted by Gasteiger charge is -2.15. The molecule has 2 amide bonds. The van der Waals surface area contributed by atoms with Gasteiger partial charge in [-0.1, -0.05) is 12.1 Å². The van der Waals surface area contributed by atoms with Crippen molar-refractivity contribution in [3.05, 3.63) is 54.3 Å². The van der Waals surface area contributed by atoms with Crippen LogP contribution in [0.3, 0.4) is 0 Å². The van der Waals surface area contributed by atoms with E-state index in [-0.39, 0.29) is 18.1 Å². The fraction of sp³-hybridized carbons (Fsp3) is 0.300. The summed E-state index contributed by atoms with van der Waals surface area (Å²) >= 11 is 0. The van der Waals surface area contributed by atoms with Crippen molar-refractivity contribution in [2.45, 2.75) is 25.9 Å². The quantitative estimate of drug-likeness (QED) is 0.508. The fourth-order valence-electron chi connectivity index (χ4n) is 2.17. The average molecular weight is 390 g/mol. The van der Waals surface area contributed by atoms with Crippen LogP contribution in [0.5, 0.6) is 17.2 Å². The van der Waals surface area contributed by atoms with E-state index in [0.717, 1.165) is 5.75 Å². The van der Waals surface area contributed by atoms with Crippen molar-refractivity contribution in [2.75, 3.05) is 13.7 Å². The lowest BCUT2D eigenvalue weighted by molar-refractivity contribution is -0.132. The minimum absolute atomic E-state index is 0.0350. The normalized spacial score (nSPS) is 11.2. The van der Waals surface area contributed by atoms with Crippen LogP contribution < -0.4 is 25.1 Å². The second kappa shape index (κ2) is 10.8. The third kappa shape index (κ3) is 6.79. The molecule has 28 heavy (non-hydrogen) atoms. The van der Waals surface area contributed by atoms with E-state index in [0.29, 0.717) is 18.8 Å². The first-order chi connectivity index (χ1) is 13.5. The van der Waals surface area contributed by atoms with Crippen LogP contribution in [-0.4, -0.2) is 31.6 Å². The van der Waals surface area contributed by atoms with Gasteiger partial charge in [0.2, 0.25) is 5.91 Å². The molecule has 8 heteroatoms. The number of rotatable bonds is 9. The Labute approximate surface area is 162 Å². The summed E-state index contributed by atoms with van der Waals surface area (Å²) < 4.78 is 29.3. The Kier molecular flexibility index (Phi) is 8.08. The summed E-state index contributed by atoms with van der Waals surface area (Å²) in [6.45, 7) is 1.80. The second-order valence-corrected chi connectivity index (χ2v) is 5.86. The van der Waals surface area contributed by atoms with Crippen molar-refractivity contribution in [1.82, 2.24) is 10.9 Å². The van der Waals surface area contributed by atoms with Gasteiger partial charge in [-0.25, -0.2) is 4.39 Å². The van der Waals surface area contributed by atoms with E-state index < -0.39 is 17.8 Å². The van der Waals surface area contributed by atoms with Crippen molar-refractivity contribution in [1.29, 1.82) is 0 Å². The number of hydrogen-bond donors (Lipinski definition) is 2. The lowest BCUT2D eigenvalue weighted by Crippen LogP contribution is -2.47. The van der Waals surface area contributed by atoms with Gasteiger partial charge in [0, 0.05) is 6.42 Å². The van der Waals surface area contributed by atoms with Crippen LogP contribution in [0.15, 0.2) is 48.5 Å². The molecule has 0 radical (unpaired) electrons. The summed E-state index contributed by atoms with van der Waals surface area (Å²) in [5.74, 6) is -0.157. The van der Waals surface area contributed by atoms with Crippen molar-refractivity contribution < 1.29 is 28.2 Å². The predicted octanol–water partition coefficient (Wildman–Crippen LogP) is 2.61. The van der Waals surface area contributed by atoms with Gasteiger partial charge in [-0.15, -0.1) is 0 Å². The fourth-order valence-corrected chi connectivity index (χ4v) is 2.17. The molecular weight excluding hydrogens is 367 g/mol. The van der Waals surface area contributed by atoms with E-state index in [9.17, 15) is 14.0 Å². The molecule has 0 saturated heterocycles. The third-order valence-corrected chi connectivity index (χ3v) is 3.71. The number of halogens is 1. The second-order valence-electron chi connectivity index (χ2n) is 5.86. The highest BCUT2D eigenvalue weighted by Gasteiger charge is 2.16. The van der Waals surface area contributed by atoms with Crippen molar-refractivity contribution >= 4 is 11.8 Å². The molecule has 0 aliphatic heterocycles. The number of carbonyl (C=O) groups excluding carboxylic acids is 2. The van der Waals surface area contributed by atoms with E-state index in [2.05, 4.69) is 10.9 Å². The number of methoxy groups -OCH3 is 1. The van der Waals surface area contributed by atoms with Crippen molar-refractivity contribution in [2.24, 2.45) is 0 Å². The predicted molar refractivity (Wildman–Crippen MR) is 100 cm³/mol. The van der Waals surface area contributed by atoms with Gasteiger partial charge in [-0.3, -0.25) is 20.4 Å². The van der Waals surface area contributed by atoms with Gasteiger partial charge in [0.05, 0.1) is 13.7 Å². The van der Waals surface area contributed by atoms with E-state index in [1.165, 1.54) is 25.1 Å². The molecule has 0 spiro atoms. The molecule has 2 N–H and O–H groups in total. The molecule has 0 aromatic heterocycles. The van der Waals surface area contributed by atoms with Crippen LogP contribution in [-0.2, 0) is 9.59 Å². The van der Waals surface area contributed by atoms with Crippen LogP contribution in [0.4, 0.5) is 4.39 Å². The molecular formula is C20H23FN2O5. The first-order valence-corrected chi connectivity index (χ1v) is 8.76. The first kappa shape index (κ1) is 21.0. The Morgan fingerprint density at radius 1 is 1.04 bits per heavy atom. The molecule has 0 heterocycles. The maximum absolute atomic E-state index is 13.5. The van der Waals surface area contributed by atoms with Gasteiger partial charge in [0.15, 0.2) is 17.7 Å². The standard InChI is InChI=1S/C20H23FN2O5/c1-14(28-18-7-4-3-6-17(18)21)20(25)23-22-19(24)8-5-13-27-16-11-9-15(26-2)10-12-16/h3-4,6-7,9-12,14H,5,8,13H2,1-2H3,(H,22,24)(H,23,25)/t14-/m0/s1. The van der Waals surface area contributed by atoms with Gasteiger partial charge in [-0.2, -0.15) is 0 Å². The van der Waals surface area contributed by atoms with Gasteiger partial charge in [0.1, 0.15) is 11.5 Å². The molecule has 0 saturated carbocycles. The highest BCUT2D eigenvalue weighted by Crippen LogP contribution is 2.18. The monoisotopic (exact) mass is 390 g/mol. The van der Waals surface area contributed by atoms with E-state index in [4.69, 9.17) is 14.2 Å². The Bertz CT molecular complexity index is 782. The topological polar surface area (TPSA) is 85.9 Å². The summed E-state index contributed by atoms with van der Waals surface area (Å²) in [5, 5.41) is 0. The Hall–Kier alpha value is -3.29. The molecule has 1 atom stereocenters. The van der Waals surface area contributed by atoms with Crippen molar-refractivity contribution in [3.8, 4) is 17.2 Å². The third-order valence-electron chi connectivity index (χ3n) is 3.71. The smallest absolute Gasteiger partial charge is 0.279 e. The van der Waals surface area contributed by atoms with Crippen LogP contribution in [0.1, 0.15) is 19.8 Å². The maximum Gasteiger partial charge on any atom is 0.279 e. The SMILES string of the molecule is COc1ccc(OCCCC(=O)NNC(=O)[C@H](C)Oc2ccccc2F)cc1. The number of nitrogens with one attached hydrogen (secondary N) is 2. The molecule has 150 valence electrons. The summed E-state index contributed by atoms with van der Waals surface area (Å²) in [4.78, 5) is 23.7. The summed E-state index contributed by atoms with van der Waals surface area (Å²) in [6, 6.07) is 12.9. The zero-order valence-electron chi connectivity index (χ0n) is 15.7. The number of amides is 2. The van der Waals surface area contributed by atoms with E-state index in [1.807, 2.05) is 0 Å². The highest BCUT2D eigenvalue weighted by molar-refractivity contribution is 5.84. The minimum Gasteiger partial charge on any atom is -0.497 e. The number of benzene rings is 2. The number of hydrogen-bond acceptors (Lipinski definition) is 5. The van der Waals surface area contributed by atoms with Gasteiger partial charge >= 0.3 is 0 Å². The maximum atomic E-state index is 13.5. The lowest BCUT2D eigenvalue weighted by atomic mass is 10.3. The van der Waals surface area contributed by atoms with Gasteiger partial charge in [-0.05, 0) is 49.7 Å². The summed E-state index contributed by atoms with van der Waals surface area (Å²) in [6.07, 6.45) is -0.343. The molecule has 2 aromatic carbocycles. The zero-order chi connectivity index (χ0) is 20.4. The number of hydrazine groups is 1. The van der Waals surface area contributed by atoms with E-state index >= 15 is 0 Å². The largest absolute Gasteiger partial charge is 0.497 e. The Morgan fingerprint density at radius 2 is 1.71 bits per heavy atom. The molecule has 0 aliphatic carbocycles. The first-order valence-electron chi connectivity index (χ1n) is 8.76. The number of ether oxygens (including phenoxy) is 3. The van der Waals surface area contributed by atoms with Gasteiger partial charge < -0.3 is 14.2 Å².